The third-order valence-electron chi connectivity index (χ3n) is 4.04. The summed E-state index contributed by atoms with van der Waals surface area (Å²) in [4.78, 5) is 2.53. The van der Waals surface area contributed by atoms with Crippen LogP contribution in [-0.2, 0) is 6.54 Å². The van der Waals surface area contributed by atoms with Gasteiger partial charge < -0.3 is 14.8 Å². The monoisotopic (exact) mass is 262 g/mol. The number of benzene rings is 1. The van der Waals surface area contributed by atoms with Crippen molar-refractivity contribution in [1.29, 1.82) is 0 Å². The van der Waals surface area contributed by atoms with Gasteiger partial charge in [-0.2, -0.15) is 0 Å². The highest BCUT2D eigenvalue weighted by Gasteiger charge is 2.19. The molecule has 2 heterocycles. The molecule has 19 heavy (non-hydrogen) atoms. The normalized spacial score (nSPS) is 19.8. The summed E-state index contributed by atoms with van der Waals surface area (Å²) in [5, 5.41) is 3.28. The number of fused-ring (bicyclic) bond motifs is 1. The Morgan fingerprint density at radius 1 is 1.21 bits per heavy atom. The molecule has 1 fully saturated rings. The van der Waals surface area contributed by atoms with Crippen molar-refractivity contribution in [3.05, 3.63) is 23.8 Å². The lowest BCUT2D eigenvalue weighted by atomic mass is 9.96. The van der Waals surface area contributed by atoms with Gasteiger partial charge in [0.25, 0.3) is 0 Å². The van der Waals surface area contributed by atoms with Gasteiger partial charge in [0, 0.05) is 6.54 Å². The average molecular weight is 262 g/mol. The van der Waals surface area contributed by atoms with Gasteiger partial charge in [-0.25, -0.2) is 0 Å². The zero-order valence-corrected chi connectivity index (χ0v) is 11.5. The molecule has 1 saturated heterocycles. The zero-order chi connectivity index (χ0) is 13.1. The predicted molar refractivity (Wildman–Crippen MR) is 74.5 cm³/mol. The lowest BCUT2D eigenvalue weighted by molar-refractivity contribution is 0.172. The number of hydrogen-bond acceptors (Lipinski definition) is 4. The number of rotatable bonds is 4. The molecule has 104 valence electrons. The second-order valence-corrected chi connectivity index (χ2v) is 5.46. The van der Waals surface area contributed by atoms with Crippen LogP contribution in [-0.4, -0.2) is 38.4 Å². The number of piperidine rings is 1. The Hall–Kier alpha value is -1.26. The second-order valence-electron chi connectivity index (χ2n) is 5.46. The molecule has 3 rings (SSSR count). The number of ether oxygens (including phenoxy) is 2. The first-order chi connectivity index (χ1) is 9.35. The van der Waals surface area contributed by atoms with Crippen LogP contribution in [0.1, 0.15) is 18.4 Å². The molecule has 0 spiro atoms. The van der Waals surface area contributed by atoms with Gasteiger partial charge in [0.1, 0.15) is 0 Å². The van der Waals surface area contributed by atoms with Crippen LogP contribution in [0.4, 0.5) is 0 Å². The Morgan fingerprint density at radius 2 is 2.00 bits per heavy atom. The SMILES string of the molecule is CNCC1CCN(Cc2ccc3c(c2)OCO3)CC1. The summed E-state index contributed by atoms with van der Waals surface area (Å²) >= 11 is 0. The van der Waals surface area contributed by atoms with Crippen molar-refractivity contribution in [2.75, 3.05) is 33.5 Å². The van der Waals surface area contributed by atoms with E-state index < -0.39 is 0 Å². The number of hydrogen-bond donors (Lipinski definition) is 1. The van der Waals surface area contributed by atoms with E-state index in [0.29, 0.717) is 6.79 Å². The summed E-state index contributed by atoms with van der Waals surface area (Å²) in [6.07, 6.45) is 2.59. The van der Waals surface area contributed by atoms with Crippen molar-refractivity contribution in [3.8, 4) is 11.5 Å². The van der Waals surface area contributed by atoms with Gasteiger partial charge in [0.05, 0.1) is 0 Å². The van der Waals surface area contributed by atoms with Crippen molar-refractivity contribution in [1.82, 2.24) is 10.2 Å². The molecular weight excluding hydrogens is 240 g/mol. The summed E-state index contributed by atoms with van der Waals surface area (Å²) in [6, 6.07) is 6.28. The van der Waals surface area contributed by atoms with Crippen LogP contribution in [0.3, 0.4) is 0 Å². The highest BCUT2D eigenvalue weighted by molar-refractivity contribution is 5.44. The molecule has 1 N–H and O–H groups in total. The van der Waals surface area contributed by atoms with Gasteiger partial charge >= 0.3 is 0 Å². The first-order valence-corrected chi connectivity index (χ1v) is 7.10. The van der Waals surface area contributed by atoms with Crippen LogP contribution >= 0.6 is 0 Å². The molecule has 2 aliphatic heterocycles. The first-order valence-electron chi connectivity index (χ1n) is 7.10. The smallest absolute Gasteiger partial charge is 0.231 e. The standard InChI is InChI=1S/C15H22N2O2/c1-16-9-12-4-6-17(7-5-12)10-13-2-3-14-15(8-13)19-11-18-14/h2-3,8,12,16H,4-7,9-11H2,1H3. The Kier molecular flexibility index (Phi) is 3.89. The van der Waals surface area contributed by atoms with Crippen LogP contribution < -0.4 is 14.8 Å². The van der Waals surface area contributed by atoms with Gasteiger partial charge in [-0.3, -0.25) is 4.90 Å². The lowest BCUT2D eigenvalue weighted by Crippen LogP contribution is -2.36. The molecule has 0 atom stereocenters. The summed E-state index contributed by atoms with van der Waals surface area (Å²) in [6.45, 7) is 4.91. The lowest BCUT2D eigenvalue weighted by Gasteiger charge is -2.31. The van der Waals surface area contributed by atoms with Gasteiger partial charge in [-0.05, 0) is 63.1 Å². The molecule has 1 aromatic rings. The van der Waals surface area contributed by atoms with Gasteiger partial charge in [0.15, 0.2) is 11.5 Å². The molecule has 0 saturated carbocycles. The fraction of sp³-hybridized carbons (Fsp3) is 0.600. The highest BCUT2D eigenvalue weighted by atomic mass is 16.7. The van der Waals surface area contributed by atoms with E-state index in [2.05, 4.69) is 22.3 Å². The number of nitrogens with zero attached hydrogens (tertiary/aromatic N) is 1. The van der Waals surface area contributed by atoms with Crippen molar-refractivity contribution in [2.45, 2.75) is 19.4 Å². The summed E-state index contributed by atoms with van der Waals surface area (Å²) in [7, 11) is 2.04. The Balaban J connectivity index is 1.55. The van der Waals surface area contributed by atoms with Gasteiger partial charge in [0.2, 0.25) is 6.79 Å². The first kappa shape index (κ1) is 12.8. The van der Waals surface area contributed by atoms with Crippen molar-refractivity contribution >= 4 is 0 Å². The average Bonchev–Trinajstić information content (AvgIpc) is 2.89. The molecule has 0 bridgehead atoms. The van der Waals surface area contributed by atoms with Crippen molar-refractivity contribution in [2.24, 2.45) is 5.92 Å². The maximum absolute atomic E-state index is 5.43. The van der Waals surface area contributed by atoms with Crippen LogP contribution in [0.15, 0.2) is 18.2 Å². The number of nitrogens with one attached hydrogen (secondary N) is 1. The van der Waals surface area contributed by atoms with Crippen LogP contribution in [0, 0.1) is 5.92 Å². The van der Waals surface area contributed by atoms with Crippen LogP contribution in [0.25, 0.3) is 0 Å². The van der Waals surface area contributed by atoms with E-state index >= 15 is 0 Å². The second kappa shape index (κ2) is 5.80. The molecule has 1 aromatic carbocycles. The fourth-order valence-electron chi connectivity index (χ4n) is 2.93. The van der Waals surface area contributed by atoms with Crippen molar-refractivity contribution < 1.29 is 9.47 Å². The maximum atomic E-state index is 5.43. The summed E-state index contributed by atoms with van der Waals surface area (Å²) in [5.41, 5.74) is 1.32. The molecule has 0 amide bonds. The fourth-order valence-corrected chi connectivity index (χ4v) is 2.93. The van der Waals surface area contributed by atoms with E-state index in [1.54, 1.807) is 0 Å². The minimum atomic E-state index is 0.355. The molecule has 4 nitrogen and oxygen atoms in total. The summed E-state index contributed by atoms with van der Waals surface area (Å²) < 4.78 is 10.8. The minimum absolute atomic E-state index is 0.355. The largest absolute Gasteiger partial charge is 0.454 e. The van der Waals surface area contributed by atoms with Crippen LogP contribution in [0.2, 0.25) is 0 Å². The topological polar surface area (TPSA) is 33.7 Å². The van der Waals surface area contributed by atoms with E-state index in [-0.39, 0.29) is 0 Å². The van der Waals surface area contributed by atoms with Gasteiger partial charge in [-0.15, -0.1) is 0 Å². The van der Waals surface area contributed by atoms with E-state index in [4.69, 9.17) is 9.47 Å². The summed E-state index contributed by atoms with van der Waals surface area (Å²) in [5.74, 6) is 2.61. The number of likely N-dealkylation sites (tertiary alicyclic amines) is 1. The Labute approximate surface area is 114 Å². The van der Waals surface area contributed by atoms with E-state index in [0.717, 1.165) is 30.5 Å². The molecule has 0 aromatic heterocycles. The molecule has 2 aliphatic rings. The third-order valence-corrected chi connectivity index (χ3v) is 4.04. The quantitative estimate of drug-likeness (QED) is 0.898. The molecule has 0 radical (unpaired) electrons. The predicted octanol–water partition coefficient (Wildman–Crippen LogP) is 1.85. The van der Waals surface area contributed by atoms with Gasteiger partial charge in [-0.1, -0.05) is 6.07 Å². The third kappa shape index (κ3) is 3.01. The Bertz CT molecular complexity index is 428. The Morgan fingerprint density at radius 3 is 2.79 bits per heavy atom. The molecule has 0 unspecified atom stereocenters. The maximum Gasteiger partial charge on any atom is 0.231 e. The molecule has 0 aliphatic carbocycles. The van der Waals surface area contributed by atoms with E-state index in [9.17, 15) is 0 Å². The zero-order valence-electron chi connectivity index (χ0n) is 11.5. The van der Waals surface area contributed by atoms with Crippen LogP contribution in [0.5, 0.6) is 11.5 Å². The molecular formula is C15H22N2O2. The van der Waals surface area contributed by atoms with E-state index in [1.807, 2.05) is 13.1 Å². The molecule has 4 heteroatoms. The highest BCUT2D eigenvalue weighted by Crippen LogP contribution is 2.33. The van der Waals surface area contributed by atoms with Crippen molar-refractivity contribution in [3.63, 3.8) is 0 Å². The van der Waals surface area contributed by atoms with E-state index in [1.165, 1.54) is 31.5 Å². The minimum Gasteiger partial charge on any atom is -0.454 e.